The fourth-order valence-corrected chi connectivity index (χ4v) is 2.59. The number of phenols is 1. The van der Waals surface area contributed by atoms with Gasteiger partial charge >= 0.3 is 0 Å². The molecule has 4 N–H and O–H groups in total. The molecule has 0 bridgehead atoms. The average molecular weight is 339 g/mol. The van der Waals surface area contributed by atoms with E-state index in [9.17, 15) is 5.11 Å². The van der Waals surface area contributed by atoms with Crippen LogP contribution in [0.3, 0.4) is 0 Å². The average Bonchev–Trinajstić information content (AvgIpc) is 2.19. The van der Waals surface area contributed by atoms with Crippen LogP contribution in [0.2, 0.25) is 0 Å². The fourth-order valence-electron chi connectivity index (χ4n) is 1.34. The molecular formula is C10H13Br2NO2. The zero-order valence-electron chi connectivity index (χ0n) is 8.08. The van der Waals surface area contributed by atoms with Crippen LogP contribution in [-0.2, 0) is 0 Å². The summed E-state index contributed by atoms with van der Waals surface area (Å²) in [6, 6.07) is 3.30. The van der Waals surface area contributed by atoms with E-state index >= 15 is 0 Å². The number of phenolic OH excluding ortho intramolecular Hbond substituents is 1. The zero-order chi connectivity index (χ0) is 11.4. The van der Waals surface area contributed by atoms with Crippen LogP contribution < -0.4 is 5.73 Å². The number of aliphatic hydroxyl groups excluding tert-OH is 1. The van der Waals surface area contributed by atoms with Crippen molar-refractivity contribution in [3.8, 4) is 5.75 Å². The molecule has 1 aromatic carbocycles. The molecule has 0 unspecified atom stereocenters. The molecule has 0 saturated heterocycles. The first-order valence-corrected chi connectivity index (χ1v) is 6.19. The van der Waals surface area contributed by atoms with E-state index in [4.69, 9.17) is 10.8 Å². The first-order valence-electron chi connectivity index (χ1n) is 4.60. The molecule has 3 nitrogen and oxygen atoms in total. The highest BCUT2D eigenvalue weighted by atomic mass is 79.9. The smallest absolute Gasteiger partial charge is 0.134 e. The second-order valence-corrected chi connectivity index (χ2v) is 5.07. The van der Waals surface area contributed by atoms with Gasteiger partial charge in [0.1, 0.15) is 5.75 Å². The summed E-state index contributed by atoms with van der Waals surface area (Å²) in [7, 11) is 0. The molecular weight excluding hydrogens is 326 g/mol. The molecule has 1 rings (SSSR count). The van der Waals surface area contributed by atoms with E-state index in [-0.39, 0.29) is 18.4 Å². The lowest BCUT2D eigenvalue weighted by atomic mass is 10.0. The maximum absolute atomic E-state index is 9.78. The van der Waals surface area contributed by atoms with Gasteiger partial charge in [-0.2, -0.15) is 0 Å². The molecule has 1 aromatic rings. The third-order valence-electron chi connectivity index (χ3n) is 2.13. The van der Waals surface area contributed by atoms with Gasteiger partial charge in [0, 0.05) is 22.7 Å². The fraction of sp³-hybridized carbons (Fsp3) is 0.400. The van der Waals surface area contributed by atoms with E-state index in [1.807, 2.05) is 0 Å². The summed E-state index contributed by atoms with van der Waals surface area (Å²) in [5.74, 6) is 0.170. The van der Waals surface area contributed by atoms with Gasteiger partial charge in [0.15, 0.2) is 0 Å². The Morgan fingerprint density at radius 1 is 1.33 bits per heavy atom. The van der Waals surface area contributed by atoms with Crippen molar-refractivity contribution in [2.24, 2.45) is 5.73 Å². The largest absolute Gasteiger partial charge is 0.506 e. The van der Waals surface area contributed by atoms with E-state index in [0.717, 1.165) is 4.47 Å². The molecule has 1 atom stereocenters. The van der Waals surface area contributed by atoms with E-state index in [2.05, 4.69) is 31.9 Å². The Hall–Kier alpha value is -0.100. The predicted octanol–water partition coefficient (Wildman–Crippen LogP) is 2.69. The molecule has 0 aliphatic carbocycles. The lowest BCUT2D eigenvalue weighted by molar-refractivity contribution is 0.279. The number of hydrogen-bond acceptors (Lipinski definition) is 3. The van der Waals surface area contributed by atoms with Crippen LogP contribution in [0.15, 0.2) is 21.1 Å². The first-order chi connectivity index (χ1) is 7.06. The Bertz CT molecular complexity index is 344. The number of hydrogen-bond donors (Lipinski definition) is 3. The van der Waals surface area contributed by atoms with Gasteiger partial charge < -0.3 is 15.9 Å². The second-order valence-electron chi connectivity index (χ2n) is 3.30. The Morgan fingerprint density at radius 2 is 2.00 bits per heavy atom. The Morgan fingerprint density at radius 3 is 2.60 bits per heavy atom. The van der Waals surface area contributed by atoms with Gasteiger partial charge in [0.25, 0.3) is 0 Å². The highest BCUT2D eigenvalue weighted by Gasteiger charge is 2.13. The van der Waals surface area contributed by atoms with Crippen molar-refractivity contribution >= 4 is 31.9 Å². The summed E-state index contributed by atoms with van der Waals surface area (Å²) in [5.41, 5.74) is 6.59. The third-order valence-corrected chi connectivity index (χ3v) is 3.19. The van der Waals surface area contributed by atoms with Crippen LogP contribution >= 0.6 is 31.9 Å². The molecule has 0 aromatic heterocycles. The van der Waals surface area contributed by atoms with Crippen molar-refractivity contribution in [1.29, 1.82) is 0 Å². The molecule has 0 amide bonds. The zero-order valence-corrected chi connectivity index (χ0v) is 11.3. The Kier molecular flexibility index (Phi) is 5.05. The molecule has 84 valence electrons. The summed E-state index contributed by atoms with van der Waals surface area (Å²) in [6.45, 7) is 0.115. The summed E-state index contributed by atoms with van der Waals surface area (Å²) in [6.07, 6.45) is 1.28. The van der Waals surface area contributed by atoms with Crippen LogP contribution in [0.1, 0.15) is 24.4 Å². The van der Waals surface area contributed by atoms with E-state index in [1.54, 1.807) is 12.1 Å². The SMILES string of the molecule is N[C@H](CCCO)c1cc(Br)cc(Br)c1O. The number of halogens is 2. The summed E-state index contributed by atoms with van der Waals surface area (Å²) < 4.78 is 1.48. The van der Waals surface area contributed by atoms with Crippen molar-refractivity contribution in [2.75, 3.05) is 6.61 Å². The molecule has 15 heavy (non-hydrogen) atoms. The molecule has 0 aliphatic rings. The van der Waals surface area contributed by atoms with Gasteiger partial charge in [-0.05, 0) is 40.9 Å². The minimum atomic E-state index is -0.258. The maximum Gasteiger partial charge on any atom is 0.134 e. The van der Waals surface area contributed by atoms with Gasteiger partial charge in [-0.25, -0.2) is 0 Å². The van der Waals surface area contributed by atoms with Gasteiger partial charge in [0.05, 0.1) is 4.47 Å². The second kappa shape index (κ2) is 5.84. The van der Waals surface area contributed by atoms with E-state index < -0.39 is 0 Å². The van der Waals surface area contributed by atoms with E-state index in [0.29, 0.717) is 22.9 Å². The van der Waals surface area contributed by atoms with Crippen LogP contribution in [0.25, 0.3) is 0 Å². The van der Waals surface area contributed by atoms with Crippen molar-refractivity contribution in [2.45, 2.75) is 18.9 Å². The van der Waals surface area contributed by atoms with Gasteiger partial charge in [0.2, 0.25) is 0 Å². The quantitative estimate of drug-likeness (QED) is 0.790. The predicted molar refractivity (Wildman–Crippen MR) is 66.8 cm³/mol. The number of rotatable bonds is 4. The topological polar surface area (TPSA) is 66.5 Å². The number of aromatic hydroxyl groups is 1. The molecule has 0 fully saturated rings. The molecule has 0 radical (unpaired) electrons. The van der Waals surface area contributed by atoms with Gasteiger partial charge in [-0.1, -0.05) is 15.9 Å². The summed E-state index contributed by atoms with van der Waals surface area (Å²) in [4.78, 5) is 0. The lowest BCUT2D eigenvalue weighted by Gasteiger charge is -2.14. The van der Waals surface area contributed by atoms with Crippen LogP contribution in [0.4, 0.5) is 0 Å². The van der Waals surface area contributed by atoms with Crippen LogP contribution in [0, 0.1) is 0 Å². The van der Waals surface area contributed by atoms with Crippen LogP contribution in [0.5, 0.6) is 5.75 Å². The highest BCUT2D eigenvalue weighted by molar-refractivity contribution is 9.11. The molecule has 0 aliphatic heterocycles. The van der Waals surface area contributed by atoms with Crippen LogP contribution in [-0.4, -0.2) is 16.8 Å². The lowest BCUT2D eigenvalue weighted by Crippen LogP contribution is -2.11. The monoisotopic (exact) mass is 337 g/mol. The van der Waals surface area contributed by atoms with Crippen molar-refractivity contribution in [3.05, 3.63) is 26.6 Å². The number of nitrogens with two attached hydrogens (primary N) is 1. The van der Waals surface area contributed by atoms with Crippen molar-refractivity contribution < 1.29 is 10.2 Å². The normalized spacial score (nSPS) is 12.8. The third kappa shape index (κ3) is 3.45. The summed E-state index contributed by atoms with van der Waals surface area (Å²) >= 11 is 6.59. The number of aliphatic hydroxyl groups is 1. The highest BCUT2D eigenvalue weighted by Crippen LogP contribution is 2.35. The number of benzene rings is 1. The van der Waals surface area contributed by atoms with Gasteiger partial charge in [-0.15, -0.1) is 0 Å². The Balaban J connectivity index is 2.92. The molecule has 0 heterocycles. The summed E-state index contributed by atoms with van der Waals surface area (Å²) in [5, 5.41) is 18.5. The Labute approximate surface area is 106 Å². The van der Waals surface area contributed by atoms with E-state index in [1.165, 1.54) is 0 Å². The van der Waals surface area contributed by atoms with Crippen molar-refractivity contribution in [3.63, 3.8) is 0 Å². The molecule has 0 spiro atoms. The standard InChI is InChI=1S/C10H13Br2NO2/c11-6-4-7(9(13)2-1-3-14)10(15)8(12)5-6/h4-5,9,14-15H,1-3,13H2/t9-/m1/s1. The van der Waals surface area contributed by atoms with Gasteiger partial charge in [-0.3, -0.25) is 0 Å². The molecule has 0 saturated carbocycles. The minimum Gasteiger partial charge on any atom is -0.506 e. The minimum absolute atomic E-state index is 0.115. The molecule has 5 heteroatoms. The van der Waals surface area contributed by atoms with Crippen molar-refractivity contribution in [1.82, 2.24) is 0 Å². The first kappa shape index (κ1) is 13.0. The maximum atomic E-state index is 9.78.